The lowest BCUT2D eigenvalue weighted by Gasteiger charge is -2.15. The molecule has 2 rings (SSSR count). The summed E-state index contributed by atoms with van der Waals surface area (Å²) in [4.78, 5) is 0.188. The number of sulfonamides is 1. The molecule has 6 nitrogen and oxygen atoms in total. The molecule has 0 heterocycles. The SMILES string of the molecule is CCc1ccc(S(=O)(=O)Nc2cc(OC)c(OC)c(OC)c2)cc1. The van der Waals surface area contributed by atoms with Crippen LogP contribution in [-0.4, -0.2) is 29.7 Å². The molecule has 2 aromatic rings. The molecule has 1 N–H and O–H groups in total. The van der Waals surface area contributed by atoms with Crippen molar-refractivity contribution in [1.29, 1.82) is 0 Å². The van der Waals surface area contributed by atoms with Crippen LogP contribution in [0.2, 0.25) is 0 Å². The molecule has 0 unspecified atom stereocenters. The standard InChI is InChI=1S/C17H21NO5S/c1-5-12-6-8-14(9-7-12)24(19,20)18-13-10-15(21-2)17(23-4)16(11-13)22-3/h6-11,18H,5H2,1-4H3. The number of hydrogen-bond donors (Lipinski definition) is 1. The first-order valence-electron chi connectivity index (χ1n) is 7.37. The maximum Gasteiger partial charge on any atom is 0.261 e. The minimum absolute atomic E-state index is 0.188. The minimum Gasteiger partial charge on any atom is -0.493 e. The predicted molar refractivity (Wildman–Crippen MR) is 92.7 cm³/mol. The molecule has 0 saturated heterocycles. The fourth-order valence-electron chi connectivity index (χ4n) is 2.26. The lowest BCUT2D eigenvalue weighted by atomic mass is 10.2. The number of hydrogen-bond acceptors (Lipinski definition) is 5. The molecule has 24 heavy (non-hydrogen) atoms. The number of benzene rings is 2. The molecule has 0 radical (unpaired) electrons. The molecule has 0 bridgehead atoms. The van der Waals surface area contributed by atoms with Crippen molar-refractivity contribution in [2.45, 2.75) is 18.2 Å². The second-order valence-corrected chi connectivity index (χ2v) is 6.70. The van der Waals surface area contributed by atoms with Gasteiger partial charge in [0.05, 0.1) is 31.9 Å². The topological polar surface area (TPSA) is 73.9 Å². The second kappa shape index (κ2) is 7.44. The summed E-state index contributed by atoms with van der Waals surface area (Å²) in [6.45, 7) is 2.01. The Balaban J connectivity index is 2.38. The molecule has 0 aromatic heterocycles. The van der Waals surface area contributed by atoms with Crippen molar-refractivity contribution in [3.05, 3.63) is 42.0 Å². The largest absolute Gasteiger partial charge is 0.493 e. The first-order chi connectivity index (χ1) is 11.4. The summed E-state index contributed by atoms with van der Waals surface area (Å²) < 4.78 is 43.3. The van der Waals surface area contributed by atoms with Crippen molar-refractivity contribution < 1.29 is 22.6 Å². The first kappa shape index (κ1) is 17.9. The number of nitrogens with one attached hydrogen (secondary N) is 1. The number of ether oxygens (including phenoxy) is 3. The fraction of sp³-hybridized carbons (Fsp3) is 0.294. The summed E-state index contributed by atoms with van der Waals surface area (Å²) in [5.74, 6) is 1.14. The highest BCUT2D eigenvalue weighted by Crippen LogP contribution is 2.40. The Kier molecular flexibility index (Phi) is 5.56. The van der Waals surface area contributed by atoms with Gasteiger partial charge in [-0.1, -0.05) is 19.1 Å². The molecule has 0 atom stereocenters. The van der Waals surface area contributed by atoms with E-state index in [0.29, 0.717) is 22.9 Å². The summed E-state index contributed by atoms with van der Waals surface area (Å²) in [5.41, 5.74) is 1.39. The number of rotatable bonds is 7. The Morgan fingerprint density at radius 1 is 0.917 bits per heavy atom. The van der Waals surface area contributed by atoms with Gasteiger partial charge in [0.2, 0.25) is 5.75 Å². The van der Waals surface area contributed by atoms with Crippen molar-refractivity contribution in [2.24, 2.45) is 0 Å². The van der Waals surface area contributed by atoms with Crippen LogP contribution in [-0.2, 0) is 16.4 Å². The number of aryl methyl sites for hydroxylation is 1. The van der Waals surface area contributed by atoms with Crippen molar-refractivity contribution >= 4 is 15.7 Å². The Morgan fingerprint density at radius 3 is 1.88 bits per heavy atom. The lowest BCUT2D eigenvalue weighted by molar-refractivity contribution is 0.325. The average molecular weight is 351 g/mol. The maximum atomic E-state index is 12.5. The summed E-state index contributed by atoms with van der Waals surface area (Å²) in [6.07, 6.45) is 0.848. The van der Waals surface area contributed by atoms with Crippen molar-refractivity contribution in [1.82, 2.24) is 0 Å². The van der Waals surface area contributed by atoms with Gasteiger partial charge in [0.1, 0.15) is 0 Å². The molecule has 7 heteroatoms. The van der Waals surface area contributed by atoms with Gasteiger partial charge in [-0.25, -0.2) is 8.42 Å². The lowest BCUT2D eigenvalue weighted by Crippen LogP contribution is -2.13. The maximum absolute atomic E-state index is 12.5. The van der Waals surface area contributed by atoms with Crippen molar-refractivity contribution in [3.8, 4) is 17.2 Å². The van der Waals surface area contributed by atoms with Gasteiger partial charge in [0.15, 0.2) is 11.5 Å². The van der Waals surface area contributed by atoms with Crippen LogP contribution in [0.25, 0.3) is 0 Å². The zero-order chi connectivity index (χ0) is 17.7. The van der Waals surface area contributed by atoms with E-state index in [4.69, 9.17) is 14.2 Å². The van der Waals surface area contributed by atoms with Gasteiger partial charge in [-0.3, -0.25) is 4.72 Å². The van der Waals surface area contributed by atoms with Crippen LogP contribution in [0.5, 0.6) is 17.2 Å². The number of methoxy groups -OCH3 is 3. The molecule has 2 aromatic carbocycles. The van der Waals surface area contributed by atoms with Crippen molar-refractivity contribution in [3.63, 3.8) is 0 Å². The van der Waals surface area contributed by atoms with Gasteiger partial charge < -0.3 is 14.2 Å². The van der Waals surface area contributed by atoms with Gasteiger partial charge in [-0.2, -0.15) is 0 Å². The summed E-state index contributed by atoms with van der Waals surface area (Å²) in [5, 5.41) is 0. The molecule has 0 spiro atoms. The second-order valence-electron chi connectivity index (χ2n) is 5.02. The molecule has 0 fully saturated rings. The van der Waals surface area contributed by atoms with Gasteiger partial charge in [0.25, 0.3) is 10.0 Å². The number of anilines is 1. The third-order valence-corrected chi connectivity index (χ3v) is 4.96. The van der Waals surface area contributed by atoms with Crippen LogP contribution in [0.1, 0.15) is 12.5 Å². The predicted octanol–water partition coefficient (Wildman–Crippen LogP) is 3.08. The summed E-state index contributed by atoms with van der Waals surface area (Å²) in [6, 6.07) is 9.84. The smallest absolute Gasteiger partial charge is 0.261 e. The van der Waals surface area contributed by atoms with E-state index in [1.807, 2.05) is 6.92 Å². The van der Waals surface area contributed by atoms with Crippen LogP contribution in [0.4, 0.5) is 5.69 Å². The first-order valence-corrected chi connectivity index (χ1v) is 8.85. The van der Waals surface area contributed by atoms with Gasteiger partial charge in [-0.15, -0.1) is 0 Å². The third kappa shape index (κ3) is 3.73. The van der Waals surface area contributed by atoms with Crippen LogP contribution < -0.4 is 18.9 Å². The zero-order valence-electron chi connectivity index (χ0n) is 14.1. The van der Waals surface area contributed by atoms with Gasteiger partial charge in [0, 0.05) is 12.1 Å². The molecular formula is C17H21NO5S. The van der Waals surface area contributed by atoms with Crippen molar-refractivity contribution in [2.75, 3.05) is 26.1 Å². The molecule has 0 aliphatic heterocycles. The van der Waals surface area contributed by atoms with Crippen LogP contribution >= 0.6 is 0 Å². The normalized spacial score (nSPS) is 11.0. The molecular weight excluding hydrogens is 330 g/mol. The highest BCUT2D eigenvalue weighted by molar-refractivity contribution is 7.92. The van der Waals surface area contributed by atoms with E-state index < -0.39 is 10.0 Å². The fourth-order valence-corrected chi connectivity index (χ4v) is 3.30. The average Bonchev–Trinajstić information content (AvgIpc) is 2.60. The Morgan fingerprint density at radius 2 is 1.46 bits per heavy atom. The summed E-state index contributed by atoms with van der Waals surface area (Å²) in [7, 11) is 0.718. The Labute approximate surface area is 142 Å². The summed E-state index contributed by atoms with van der Waals surface area (Å²) >= 11 is 0. The molecule has 0 saturated carbocycles. The third-order valence-electron chi connectivity index (χ3n) is 3.56. The monoisotopic (exact) mass is 351 g/mol. The molecule has 0 aliphatic rings. The van der Waals surface area contributed by atoms with Gasteiger partial charge >= 0.3 is 0 Å². The molecule has 130 valence electrons. The van der Waals surface area contributed by atoms with E-state index >= 15 is 0 Å². The van der Waals surface area contributed by atoms with Gasteiger partial charge in [-0.05, 0) is 24.1 Å². The molecule has 0 amide bonds. The van der Waals surface area contributed by atoms with E-state index in [2.05, 4.69) is 4.72 Å². The Hall–Kier alpha value is -2.41. The zero-order valence-corrected chi connectivity index (χ0v) is 14.9. The highest BCUT2D eigenvalue weighted by Gasteiger charge is 2.18. The van der Waals surface area contributed by atoms with Crippen LogP contribution in [0, 0.1) is 0 Å². The minimum atomic E-state index is -3.71. The highest BCUT2D eigenvalue weighted by atomic mass is 32.2. The Bertz CT molecular complexity index is 775. The molecule has 0 aliphatic carbocycles. The van der Waals surface area contributed by atoms with E-state index in [1.54, 1.807) is 36.4 Å². The van der Waals surface area contributed by atoms with E-state index in [-0.39, 0.29) is 4.90 Å². The van der Waals surface area contributed by atoms with E-state index in [1.165, 1.54) is 21.3 Å². The quantitative estimate of drug-likeness (QED) is 0.830. The van der Waals surface area contributed by atoms with Crippen LogP contribution in [0.15, 0.2) is 41.3 Å². The van der Waals surface area contributed by atoms with E-state index in [9.17, 15) is 8.42 Å². The van der Waals surface area contributed by atoms with E-state index in [0.717, 1.165) is 12.0 Å². The van der Waals surface area contributed by atoms with Crippen LogP contribution in [0.3, 0.4) is 0 Å².